The van der Waals surface area contributed by atoms with Crippen LogP contribution in [0.1, 0.15) is 45.2 Å². The number of ether oxygens (including phenoxy) is 2. The van der Waals surface area contributed by atoms with Gasteiger partial charge >= 0.3 is 11.7 Å². The summed E-state index contributed by atoms with van der Waals surface area (Å²) in [5, 5.41) is 0. The Kier molecular flexibility index (Phi) is 6.74. The van der Waals surface area contributed by atoms with E-state index in [1.807, 2.05) is 24.3 Å². The molecule has 0 saturated heterocycles. The number of imidazole rings is 1. The molecule has 1 aromatic carbocycles. The molecule has 0 amide bonds. The SMILES string of the molecule is CCOC(=O)[C@@H](C)n1cnc2c1c(=O)n(CCOC)c(=O)n2-c1ccc(C(C)C)cc1. The third-order valence-corrected chi connectivity index (χ3v) is 5.24. The maximum atomic E-state index is 13.3. The van der Waals surface area contributed by atoms with Crippen LogP contribution < -0.4 is 11.2 Å². The van der Waals surface area contributed by atoms with Gasteiger partial charge in [-0.2, -0.15) is 0 Å². The molecule has 1 atom stereocenters. The van der Waals surface area contributed by atoms with Crippen LogP contribution in [0.3, 0.4) is 0 Å². The molecule has 0 aliphatic carbocycles. The molecule has 166 valence electrons. The van der Waals surface area contributed by atoms with Crippen LogP contribution in [-0.4, -0.2) is 45.0 Å². The van der Waals surface area contributed by atoms with Gasteiger partial charge in [0.2, 0.25) is 0 Å². The predicted molar refractivity (Wildman–Crippen MR) is 117 cm³/mol. The summed E-state index contributed by atoms with van der Waals surface area (Å²) < 4.78 is 14.1. The highest BCUT2D eigenvalue weighted by Crippen LogP contribution is 2.20. The Morgan fingerprint density at radius 2 is 1.81 bits per heavy atom. The summed E-state index contributed by atoms with van der Waals surface area (Å²) in [6, 6.07) is 6.77. The molecule has 31 heavy (non-hydrogen) atoms. The van der Waals surface area contributed by atoms with Crippen molar-refractivity contribution >= 4 is 17.1 Å². The lowest BCUT2D eigenvalue weighted by Gasteiger charge is -2.15. The Hall–Kier alpha value is -3.20. The summed E-state index contributed by atoms with van der Waals surface area (Å²) in [6.07, 6.45) is 1.40. The van der Waals surface area contributed by atoms with E-state index in [2.05, 4.69) is 18.8 Å². The van der Waals surface area contributed by atoms with Gasteiger partial charge < -0.3 is 14.0 Å². The highest BCUT2D eigenvalue weighted by molar-refractivity contribution is 5.79. The van der Waals surface area contributed by atoms with Crippen LogP contribution in [0.2, 0.25) is 0 Å². The Labute approximate surface area is 179 Å². The van der Waals surface area contributed by atoms with Crippen molar-refractivity contribution in [1.29, 1.82) is 0 Å². The van der Waals surface area contributed by atoms with Crippen LogP contribution in [0.15, 0.2) is 40.2 Å². The van der Waals surface area contributed by atoms with E-state index in [0.717, 1.165) is 10.1 Å². The zero-order valence-corrected chi connectivity index (χ0v) is 18.5. The van der Waals surface area contributed by atoms with Crippen molar-refractivity contribution in [1.82, 2.24) is 18.7 Å². The zero-order chi connectivity index (χ0) is 22.7. The van der Waals surface area contributed by atoms with Crippen molar-refractivity contribution < 1.29 is 14.3 Å². The minimum atomic E-state index is -0.775. The minimum Gasteiger partial charge on any atom is -0.464 e. The second-order valence-electron chi connectivity index (χ2n) is 7.57. The van der Waals surface area contributed by atoms with Crippen LogP contribution in [0, 0.1) is 0 Å². The summed E-state index contributed by atoms with van der Waals surface area (Å²) >= 11 is 0. The second kappa shape index (κ2) is 9.30. The van der Waals surface area contributed by atoms with Gasteiger partial charge in [-0.25, -0.2) is 19.1 Å². The van der Waals surface area contributed by atoms with Crippen LogP contribution >= 0.6 is 0 Å². The van der Waals surface area contributed by atoms with E-state index in [9.17, 15) is 14.4 Å². The average molecular weight is 428 g/mol. The van der Waals surface area contributed by atoms with Gasteiger partial charge in [0.25, 0.3) is 5.56 Å². The molecule has 2 aromatic heterocycles. The molecule has 9 heteroatoms. The van der Waals surface area contributed by atoms with Gasteiger partial charge in [0.15, 0.2) is 11.2 Å². The number of carbonyl (C=O) groups is 1. The molecule has 0 unspecified atom stereocenters. The largest absolute Gasteiger partial charge is 0.464 e. The molecule has 0 aliphatic heterocycles. The summed E-state index contributed by atoms with van der Waals surface area (Å²) in [5.74, 6) is -0.144. The van der Waals surface area contributed by atoms with E-state index in [-0.39, 0.29) is 30.9 Å². The third kappa shape index (κ3) is 4.18. The maximum absolute atomic E-state index is 13.3. The van der Waals surface area contributed by atoms with Crippen LogP contribution in [0.5, 0.6) is 0 Å². The number of carbonyl (C=O) groups excluding carboxylic acids is 1. The summed E-state index contributed by atoms with van der Waals surface area (Å²) in [6.45, 7) is 8.01. The average Bonchev–Trinajstić information content (AvgIpc) is 3.18. The van der Waals surface area contributed by atoms with Gasteiger partial charge in [0.1, 0.15) is 6.04 Å². The minimum absolute atomic E-state index is 0.0765. The Morgan fingerprint density at radius 3 is 2.39 bits per heavy atom. The van der Waals surface area contributed by atoms with E-state index in [1.165, 1.54) is 22.6 Å². The lowest BCUT2D eigenvalue weighted by atomic mass is 10.0. The lowest BCUT2D eigenvalue weighted by Crippen LogP contribution is -2.41. The fourth-order valence-electron chi connectivity index (χ4n) is 3.44. The molecular formula is C22H28N4O5. The molecule has 0 spiro atoms. The molecular weight excluding hydrogens is 400 g/mol. The van der Waals surface area contributed by atoms with Gasteiger partial charge in [-0.1, -0.05) is 26.0 Å². The highest BCUT2D eigenvalue weighted by Gasteiger charge is 2.24. The van der Waals surface area contributed by atoms with E-state index in [1.54, 1.807) is 13.8 Å². The third-order valence-electron chi connectivity index (χ3n) is 5.24. The molecule has 0 saturated carbocycles. The fraction of sp³-hybridized carbons (Fsp3) is 0.455. The lowest BCUT2D eigenvalue weighted by molar-refractivity contribution is -0.146. The first-order valence-corrected chi connectivity index (χ1v) is 10.3. The summed E-state index contributed by atoms with van der Waals surface area (Å²) in [5.41, 5.74) is 1.02. The van der Waals surface area contributed by atoms with E-state index in [0.29, 0.717) is 11.6 Å². The zero-order valence-electron chi connectivity index (χ0n) is 18.5. The number of aromatic nitrogens is 4. The van der Waals surface area contributed by atoms with Crippen LogP contribution in [0.4, 0.5) is 0 Å². The van der Waals surface area contributed by atoms with E-state index < -0.39 is 23.3 Å². The van der Waals surface area contributed by atoms with Gasteiger partial charge in [0, 0.05) is 7.11 Å². The smallest absolute Gasteiger partial charge is 0.337 e. The Bertz CT molecular complexity index is 1190. The number of methoxy groups -OCH3 is 1. The Morgan fingerprint density at radius 1 is 1.13 bits per heavy atom. The van der Waals surface area contributed by atoms with Gasteiger partial charge in [-0.15, -0.1) is 0 Å². The molecule has 0 aliphatic rings. The molecule has 0 radical (unpaired) electrons. The van der Waals surface area contributed by atoms with Crippen molar-refractivity contribution in [2.45, 2.75) is 46.2 Å². The van der Waals surface area contributed by atoms with Crippen molar-refractivity contribution in [3.63, 3.8) is 0 Å². The van der Waals surface area contributed by atoms with Gasteiger partial charge in [-0.3, -0.25) is 9.36 Å². The number of esters is 1. The van der Waals surface area contributed by atoms with Crippen LogP contribution in [0.25, 0.3) is 16.9 Å². The number of fused-ring (bicyclic) bond motifs is 1. The summed E-state index contributed by atoms with van der Waals surface area (Å²) in [7, 11) is 1.50. The second-order valence-corrected chi connectivity index (χ2v) is 7.57. The van der Waals surface area contributed by atoms with E-state index in [4.69, 9.17) is 9.47 Å². The number of hydrogen-bond acceptors (Lipinski definition) is 6. The van der Waals surface area contributed by atoms with Gasteiger partial charge in [-0.05, 0) is 37.5 Å². The molecule has 3 rings (SSSR count). The first-order valence-electron chi connectivity index (χ1n) is 10.3. The molecule has 3 aromatic rings. The van der Waals surface area contributed by atoms with Crippen molar-refractivity contribution in [2.75, 3.05) is 20.3 Å². The normalized spacial score (nSPS) is 12.5. The number of rotatable bonds is 8. The monoisotopic (exact) mass is 428 g/mol. The van der Waals surface area contributed by atoms with Crippen LogP contribution in [-0.2, 0) is 20.8 Å². The first kappa shape index (κ1) is 22.5. The van der Waals surface area contributed by atoms with Crippen molar-refractivity contribution in [3.8, 4) is 5.69 Å². The first-order chi connectivity index (χ1) is 14.8. The van der Waals surface area contributed by atoms with Crippen molar-refractivity contribution in [2.24, 2.45) is 0 Å². The number of hydrogen-bond donors (Lipinski definition) is 0. The highest BCUT2D eigenvalue weighted by atomic mass is 16.5. The predicted octanol–water partition coefficient (Wildman–Crippen LogP) is 2.24. The maximum Gasteiger partial charge on any atom is 0.337 e. The quantitative estimate of drug-likeness (QED) is 0.511. The molecule has 2 heterocycles. The standard InChI is InChI=1S/C22H28N4O5/c1-6-31-21(28)15(4)25-13-23-19-18(25)20(27)24(11-12-30-5)22(29)26(19)17-9-7-16(8-10-17)14(2)3/h7-10,13-15H,6,11-12H2,1-5H3/t15-/m1/s1. The topological polar surface area (TPSA) is 97.4 Å². The molecule has 9 nitrogen and oxygen atoms in total. The van der Waals surface area contributed by atoms with E-state index >= 15 is 0 Å². The number of benzene rings is 1. The van der Waals surface area contributed by atoms with Crippen molar-refractivity contribution in [3.05, 3.63) is 57.0 Å². The number of nitrogens with zero attached hydrogens (tertiary/aromatic N) is 4. The molecule has 0 bridgehead atoms. The van der Waals surface area contributed by atoms with Gasteiger partial charge in [0.05, 0.1) is 31.8 Å². The summed E-state index contributed by atoms with van der Waals surface area (Å²) in [4.78, 5) is 43.1. The Balaban J connectivity index is 2.29. The fourth-order valence-corrected chi connectivity index (χ4v) is 3.44. The molecule has 0 N–H and O–H groups in total. The molecule has 0 fully saturated rings.